The zero-order chi connectivity index (χ0) is 17.4. The summed E-state index contributed by atoms with van der Waals surface area (Å²) in [5.74, 6) is 0.638. The summed E-state index contributed by atoms with van der Waals surface area (Å²) >= 11 is 0. The highest BCUT2D eigenvalue weighted by atomic mass is 16.6. The molecule has 0 aromatic carbocycles. The second kappa shape index (κ2) is 9.36. The Labute approximate surface area is 136 Å². The molecule has 0 fully saturated rings. The number of hydrogen-bond donors (Lipinski definition) is 0. The average molecular weight is 317 g/mol. The lowest BCUT2D eigenvalue weighted by molar-refractivity contribution is -0.0791. The molecule has 0 N–H and O–H groups in total. The number of likely N-dealkylation sites (N-methyl/N-ethyl adjacent to an activating group) is 1. The van der Waals surface area contributed by atoms with Crippen LogP contribution in [-0.2, 0) is 14.2 Å². The van der Waals surface area contributed by atoms with Crippen LogP contribution in [0, 0.1) is 5.92 Å². The molecule has 22 heavy (non-hydrogen) atoms. The van der Waals surface area contributed by atoms with Gasteiger partial charge in [0, 0.05) is 20.2 Å². The van der Waals surface area contributed by atoms with Crippen LogP contribution in [0.25, 0.3) is 0 Å². The Bertz CT molecular complexity index is 321. The normalized spacial score (nSPS) is 12.6. The Morgan fingerprint density at radius 1 is 1.09 bits per heavy atom. The molecule has 0 aliphatic heterocycles. The number of ether oxygens (including phenoxy) is 3. The predicted octanol–water partition coefficient (Wildman–Crippen LogP) is 3.71. The first-order valence-electron chi connectivity index (χ1n) is 8.09. The van der Waals surface area contributed by atoms with Gasteiger partial charge in [0.1, 0.15) is 5.60 Å². The highest BCUT2D eigenvalue weighted by Crippen LogP contribution is 2.12. The molecule has 0 radical (unpaired) electrons. The summed E-state index contributed by atoms with van der Waals surface area (Å²) in [6.07, 6.45) is 0.716. The van der Waals surface area contributed by atoms with Crippen LogP contribution in [-0.4, -0.2) is 55.6 Å². The maximum atomic E-state index is 11.8. The molecule has 0 saturated heterocycles. The first-order chi connectivity index (χ1) is 9.93. The van der Waals surface area contributed by atoms with Gasteiger partial charge in [-0.15, -0.1) is 0 Å². The smallest absolute Gasteiger partial charge is 0.410 e. The summed E-state index contributed by atoms with van der Waals surface area (Å²) in [5, 5.41) is 0. The third-order valence-electron chi connectivity index (χ3n) is 2.91. The van der Waals surface area contributed by atoms with E-state index in [0.717, 1.165) is 13.0 Å². The van der Waals surface area contributed by atoms with E-state index in [1.807, 2.05) is 34.6 Å². The van der Waals surface area contributed by atoms with Crippen LogP contribution in [0.4, 0.5) is 4.79 Å². The Kier molecular flexibility index (Phi) is 9.01. The van der Waals surface area contributed by atoms with Gasteiger partial charge in [-0.05, 0) is 47.0 Å². The fourth-order valence-corrected chi connectivity index (χ4v) is 1.56. The van der Waals surface area contributed by atoms with Crippen LogP contribution in [0.5, 0.6) is 0 Å². The van der Waals surface area contributed by atoms with E-state index >= 15 is 0 Å². The van der Waals surface area contributed by atoms with Gasteiger partial charge in [-0.2, -0.15) is 0 Å². The molecule has 1 amide bonds. The molecule has 0 bridgehead atoms. The number of amides is 1. The number of carbonyl (C=O) groups is 1. The Hall–Kier alpha value is -0.810. The van der Waals surface area contributed by atoms with Crippen molar-refractivity contribution in [1.29, 1.82) is 0 Å². The van der Waals surface area contributed by atoms with Crippen LogP contribution in [0.3, 0.4) is 0 Å². The number of hydrogen-bond acceptors (Lipinski definition) is 4. The monoisotopic (exact) mass is 317 g/mol. The van der Waals surface area contributed by atoms with Crippen molar-refractivity contribution in [2.45, 2.75) is 66.1 Å². The van der Waals surface area contributed by atoms with Crippen LogP contribution >= 0.6 is 0 Å². The summed E-state index contributed by atoms with van der Waals surface area (Å²) in [4.78, 5) is 13.3. The molecule has 0 aromatic rings. The van der Waals surface area contributed by atoms with Crippen molar-refractivity contribution in [3.8, 4) is 0 Å². The topological polar surface area (TPSA) is 48.0 Å². The highest BCUT2D eigenvalue weighted by molar-refractivity contribution is 5.67. The zero-order valence-electron chi connectivity index (χ0n) is 15.7. The molecule has 5 nitrogen and oxygen atoms in total. The maximum absolute atomic E-state index is 11.8. The van der Waals surface area contributed by atoms with E-state index in [4.69, 9.17) is 14.2 Å². The molecule has 0 saturated carbocycles. The number of nitrogens with zero attached hydrogens (tertiary/aromatic N) is 1. The SMILES string of the molecule is CC(C)CCOC(C)(C)COCCN(C)C(=O)OC(C)(C)C. The number of rotatable bonds is 9. The third kappa shape index (κ3) is 11.8. The van der Waals surface area contributed by atoms with Gasteiger partial charge in [0.25, 0.3) is 0 Å². The van der Waals surface area contributed by atoms with Gasteiger partial charge in [-0.3, -0.25) is 0 Å². The lowest BCUT2D eigenvalue weighted by atomic mass is 10.1. The van der Waals surface area contributed by atoms with Crippen molar-refractivity contribution in [2.75, 3.05) is 33.4 Å². The van der Waals surface area contributed by atoms with E-state index < -0.39 is 5.60 Å². The van der Waals surface area contributed by atoms with Crippen LogP contribution in [0.2, 0.25) is 0 Å². The number of carbonyl (C=O) groups excluding carboxylic acids is 1. The maximum Gasteiger partial charge on any atom is 0.410 e. The molecule has 0 aromatic heterocycles. The summed E-state index contributed by atoms with van der Waals surface area (Å²) in [6, 6.07) is 0. The molecule has 0 aliphatic rings. The Morgan fingerprint density at radius 2 is 1.68 bits per heavy atom. The first-order valence-corrected chi connectivity index (χ1v) is 8.09. The van der Waals surface area contributed by atoms with Gasteiger partial charge in [-0.1, -0.05) is 13.8 Å². The summed E-state index contributed by atoms with van der Waals surface area (Å²) in [6.45, 7) is 16.2. The van der Waals surface area contributed by atoms with Crippen LogP contribution < -0.4 is 0 Å². The quantitative estimate of drug-likeness (QED) is 0.608. The second-order valence-corrected chi connectivity index (χ2v) is 7.75. The first kappa shape index (κ1) is 21.2. The molecule has 132 valence electrons. The van der Waals surface area contributed by atoms with Gasteiger partial charge in [0.05, 0.1) is 18.8 Å². The van der Waals surface area contributed by atoms with E-state index in [0.29, 0.717) is 25.7 Å². The lowest BCUT2D eigenvalue weighted by Crippen LogP contribution is -2.37. The minimum atomic E-state index is -0.474. The van der Waals surface area contributed by atoms with E-state index in [1.165, 1.54) is 4.90 Å². The molecular formula is C17H35NO4. The Morgan fingerprint density at radius 3 is 2.18 bits per heavy atom. The molecule has 5 heteroatoms. The minimum Gasteiger partial charge on any atom is -0.444 e. The van der Waals surface area contributed by atoms with Crippen molar-refractivity contribution >= 4 is 6.09 Å². The predicted molar refractivity (Wildman–Crippen MR) is 89.2 cm³/mol. The summed E-state index contributed by atoms with van der Waals surface area (Å²) < 4.78 is 16.7. The molecule has 0 aliphatic carbocycles. The van der Waals surface area contributed by atoms with Gasteiger partial charge < -0.3 is 19.1 Å². The van der Waals surface area contributed by atoms with Crippen molar-refractivity contribution in [2.24, 2.45) is 5.92 Å². The fraction of sp³-hybridized carbons (Fsp3) is 0.941. The fourth-order valence-electron chi connectivity index (χ4n) is 1.56. The van der Waals surface area contributed by atoms with Crippen molar-refractivity contribution in [3.63, 3.8) is 0 Å². The van der Waals surface area contributed by atoms with Gasteiger partial charge >= 0.3 is 6.09 Å². The Balaban J connectivity index is 3.88. The zero-order valence-corrected chi connectivity index (χ0v) is 15.7. The largest absolute Gasteiger partial charge is 0.444 e. The standard InChI is InChI=1S/C17H35NO4/c1-14(2)9-11-21-17(6,7)13-20-12-10-18(8)15(19)22-16(3,4)5/h14H,9-13H2,1-8H3. The summed E-state index contributed by atoms with van der Waals surface area (Å²) in [5.41, 5.74) is -0.780. The minimum absolute atomic E-state index is 0.306. The van der Waals surface area contributed by atoms with Crippen LogP contribution in [0.1, 0.15) is 54.9 Å². The van der Waals surface area contributed by atoms with E-state index in [2.05, 4.69) is 13.8 Å². The van der Waals surface area contributed by atoms with Crippen molar-refractivity contribution in [1.82, 2.24) is 4.90 Å². The van der Waals surface area contributed by atoms with Crippen molar-refractivity contribution < 1.29 is 19.0 Å². The third-order valence-corrected chi connectivity index (χ3v) is 2.91. The van der Waals surface area contributed by atoms with E-state index in [1.54, 1.807) is 7.05 Å². The molecule has 0 spiro atoms. The van der Waals surface area contributed by atoms with Crippen LogP contribution in [0.15, 0.2) is 0 Å². The molecule has 0 unspecified atom stereocenters. The highest BCUT2D eigenvalue weighted by Gasteiger charge is 2.21. The van der Waals surface area contributed by atoms with Gasteiger partial charge in [0.2, 0.25) is 0 Å². The van der Waals surface area contributed by atoms with Gasteiger partial charge in [-0.25, -0.2) is 4.79 Å². The molecular weight excluding hydrogens is 282 g/mol. The molecule has 0 rings (SSSR count). The molecule has 0 atom stereocenters. The second-order valence-electron chi connectivity index (χ2n) is 7.75. The van der Waals surface area contributed by atoms with Gasteiger partial charge in [0.15, 0.2) is 0 Å². The van der Waals surface area contributed by atoms with Crippen molar-refractivity contribution in [3.05, 3.63) is 0 Å². The lowest BCUT2D eigenvalue weighted by Gasteiger charge is -2.27. The molecule has 0 heterocycles. The van der Waals surface area contributed by atoms with E-state index in [9.17, 15) is 4.79 Å². The van der Waals surface area contributed by atoms with E-state index in [-0.39, 0.29) is 11.7 Å². The average Bonchev–Trinajstić information content (AvgIpc) is 2.31. The summed E-state index contributed by atoms with van der Waals surface area (Å²) in [7, 11) is 1.71.